The van der Waals surface area contributed by atoms with Gasteiger partial charge in [-0.2, -0.15) is 0 Å². The van der Waals surface area contributed by atoms with Crippen LogP contribution in [0.15, 0.2) is 48.5 Å². The van der Waals surface area contributed by atoms with Crippen molar-refractivity contribution in [3.63, 3.8) is 0 Å². The molecule has 0 bridgehead atoms. The van der Waals surface area contributed by atoms with Gasteiger partial charge in [-0.15, -0.1) is 0 Å². The summed E-state index contributed by atoms with van der Waals surface area (Å²) in [6.07, 6.45) is 1.30. The fourth-order valence-corrected chi connectivity index (χ4v) is 4.72. The number of benzene rings is 2. The van der Waals surface area contributed by atoms with E-state index in [4.69, 9.17) is 4.74 Å². The summed E-state index contributed by atoms with van der Waals surface area (Å²) in [5.74, 6) is -1.17. The highest BCUT2D eigenvalue weighted by Gasteiger charge is 2.51. The Hall–Kier alpha value is -2.57. The fourth-order valence-electron chi connectivity index (χ4n) is 4.72. The summed E-state index contributed by atoms with van der Waals surface area (Å²) in [6, 6.07) is 14.1. The maximum Gasteiger partial charge on any atom is 0.209 e. The van der Waals surface area contributed by atoms with E-state index in [9.17, 15) is 14.0 Å². The van der Waals surface area contributed by atoms with Crippen LogP contribution in [0.2, 0.25) is 0 Å². The Bertz CT molecular complexity index is 889. The number of nitrogens with one attached hydrogen (secondary N) is 1. The zero-order valence-corrected chi connectivity index (χ0v) is 17.7. The third-order valence-electron chi connectivity index (χ3n) is 6.42. The molecule has 0 radical (unpaired) electrons. The first kappa shape index (κ1) is 22.1. The van der Waals surface area contributed by atoms with E-state index in [0.717, 1.165) is 12.0 Å². The lowest BCUT2D eigenvalue weighted by molar-refractivity contribution is -0.125. The summed E-state index contributed by atoms with van der Waals surface area (Å²) in [7, 11) is 3.33. The summed E-state index contributed by atoms with van der Waals surface area (Å²) in [5, 5.41) is 3.36. The summed E-state index contributed by atoms with van der Waals surface area (Å²) in [5.41, 5.74) is 1.15. The standard InChI is InChI=1S/C24H29FN2O3/c1-17-19(10-7-11-21(17)25)22-20(23(29)18-8-5-4-6-9-18)14-26-15-24(22,12-13-30-3)27(2)16-28/h4-11,16,20,22,26H,12-15H2,1-3H3/t20-,22-,24+/m0/s1. The second kappa shape index (κ2) is 9.49. The monoisotopic (exact) mass is 412 g/mol. The van der Waals surface area contributed by atoms with Crippen LogP contribution in [0.1, 0.15) is 33.8 Å². The number of hydrogen-bond acceptors (Lipinski definition) is 4. The lowest BCUT2D eigenvalue weighted by Crippen LogP contribution is -2.64. The Labute approximate surface area is 177 Å². The van der Waals surface area contributed by atoms with Crippen molar-refractivity contribution >= 4 is 12.2 Å². The molecular formula is C24H29FN2O3. The van der Waals surface area contributed by atoms with Gasteiger partial charge in [-0.05, 0) is 30.5 Å². The van der Waals surface area contributed by atoms with E-state index in [2.05, 4.69) is 5.32 Å². The number of Topliss-reactive ketones (excluding diaryl/α,β-unsaturated/α-hetero) is 1. The smallest absolute Gasteiger partial charge is 0.209 e. The Morgan fingerprint density at radius 1 is 1.27 bits per heavy atom. The molecule has 2 aromatic rings. The average Bonchev–Trinajstić information content (AvgIpc) is 2.79. The first-order valence-electron chi connectivity index (χ1n) is 10.2. The van der Waals surface area contributed by atoms with Crippen LogP contribution in [0.25, 0.3) is 0 Å². The summed E-state index contributed by atoms with van der Waals surface area (Å²) in [6.45, 7) is 3.09. The van der Waals surface area contributed by atoms with Crippen molar-refractivity contribution in [2.75, 3.05) is 33.9 Å². The van der Waals surface area contributed by atoms with Crippen molar-refractivity contribution in [3.05, 3.63) is 71.0 Å². The van der Waals surface area contributed by atoms with Gasteiger partial charge in [0.25, 0.3) is 0 Å². The lowest BCUT2D eigenvalue weighted by atomic mass is 9.64. The van der Waals surface area contributed by atoms with Crippen molar-refractivity contribution in [2.24, 2.45) is 5.92 Å². The first-order valence-corrected chi connectivity index (χ1v) is 10.2. The SMILES string of the molecule is COCC[C@@]1(N(C)C=O)CNC[C@H](C(=O)c2ccccc2)[C@@H]1c1cccc(F)c1C. The topological polar surface area (TPSA) is 58.6 Å². The van der Waals surface area contributed by atoms with Gasteiger partial charge < -0.3 is 15.0 Å². The molecule has 0 saturated carbocycles. The summed E-state index contributed by atoms with van der Waals surface area (Å²) in [4.78, 5) is 27.1. The third-order valence-corrected chi connectivity index (χ3v) is 6.42. The second-order valence-corrected chi connectivity index (χ2v) is 7.96. The number of carbonyl (C=O) groups is 2. The molecule has 30 heavy (non-hydrogen) atoms. The molecule has 0 aromatic heterocycles. The molecule has 3 atom stereocenters. The van der Waals surface area contributed by atoms with Crippen LogP contribution < -0.4 is 5.32 Å². The fraction of sp³-hybridized carbons (Fsp3) is 0.417. The van der Waals surface area contributed by atoms with Crippen LogP contribution >= 0.6 is 0 Å². The molecule has 0 unspecified atom stereocenters. The van der Waals surface area contributed by atoms with Crippen molar-refractivity contribution in [2.45, 2.75) is 24.8 Å². The van der Waals surface area contributed by atoms with Crippen molar-refractivity contribution in [1.29, 1.82) is 0 Å². The zero-order chi connectivity index (χ0) is 21.7. The molecule has 5 nitrogen and oxygen atoms in total. The minimum Gasteiger partial charge on any atom is -0.385 e. The Balaban J connectivity index is 2.19. The van der Waals surface area contributed by atoms with Gasteiger partial charge in [0.05, 0.1) is 5.54 Å². The Morgan fingerprint density at radius 2 is 2.00 bits per heavy atom. The molecule has 1 heterocycles. The maximum absolute atomic E-state index is 14.6. The molecule has 1 aliphatic heterocycles. The van der Waals surface area contributed by atoms with Crippen LogP contribution in [0, 0.1) is 18.7 Å². The number of amides is 1. The van der Waals surface area contributed by atoms with Gasteiger partial charge in [0.2, 0.25) is 6.41 Å². The van der Waals surface area contributed by atoms with E-state index < -0.39 is 11.5 Å². The number of ether oxygens (including phenoxy) is 1. The number of carbonyl (C=O) groups excluding carboxylic acids is 2. The van der Waals surface area contributed by atoms with E-state index >= 15 is 0 Å². The summed E-state index contributed by atoms with van der Waals surface area (Å²) >= 11 is 0. The lowest BCUT2D eigenvalue weighted by Gasteiger charge is -2.52. The van der Waals surface area contributed by atoms with E-state index in [1.165, 1.54) is 6.07 Å². The van der Waals surface area contributed by atoms with Gasteiger partial charge in [0, 0.05) is 51.3 Å². The predicted octanol–water partition coefficient (Wildman–Crippen LogP) is 3.18. The number of nitrogens with zero attached hydrogens (tertiary/aromatic N) is 1. The molecule has 1 amide bonds. The van der Waals surface area contributed by atoms with E-state index in [0.29, 0.717) is 37.2 Å². The molecular weight excluding hydrogens is 383 g/mol. The van der Waals surface area contributed by atoms with Crippen LogP contribution in [-0.2, 0) is 9.53 Å². The summed E-state index contributed by atoms with van der Waals surface area (Å²) < 4.78 is 19.9. The molecule has 1 fully saturated rings. The minimum absolute atomic E-state index is 0.0162. The maximum atomic E-state index is 14.6. The molecule has 1 aliphatic rings. The van der Waals surface area contributed by atoms with Crippen LogP contribution in [0.3, 0.4) is 0 Å². The molecule has 3 rings (SSSR count). The van der Waals surface area contributed by atoms with Crippen molar-refractivity contribution in [3.8, 4) is 0 Å². The number of halogens is 1. The van der Waals surface area contributed by atoms with E-state index in [-0.39, 0.29) is 17.5 Å². The highest BCUT2D eigenvalue weighted by Crippen LogP contribution is 2.45. The Kier molecular flexibility index (Phi) is 7.00. The number of rotatable bonds is 8. The molecule has 0 spiro atoms. The van der Waals surface area contributed by atoms with Crippen molar-refractivity contribution < 1.29 is 18.7 Å². The van der Waals surface area contributed by atoms with E-state index in [1.54, 1.807) is 44.2 Å². The van der Waals surface area contributed by atoms with Crippen LogP contribution in [-0.4, -0.2) is 56.5 Å². The average molecular weight is 413 g/mol. The van der Waals surface area contributed by atoms with E-state index in [1.807, 2.05) is 24.3 Å². The normalized spacial score (nSPS) is 23.7. The number of likely N-dealkylation sites (N-methyl/N-ethyl adjacent to an activating group) is 1. The van der Waals surface area contributed by atoms with Crippen molar-refractivity contribution in [1.82, 2.24) is 10.2 Å². The highest BCUT2D eigenvalue weighted by atomic mass is 19.1. The van der Waals surface area contributed by atoms with Gasteiger partial charge in [0.1, 0.15) is 5.82 Å². The quantitative estimate of drug-likeness (QED) is 0.534. The first-order chi connectivity index (χ1) is 14.5. The number of ketones is 1. The molecule has 0 aliphatic carbocycles. The molecule has 160 valence electrons. The minimum atomic E-state index is -0.732. The van der Waals surface area contributed by atoms with Gasteiger partial charge >= 0.3 is 0 Å². The predicted molar refractivity (Wildman–Crippen MR) is 114 cm³/mol. The van der Waals surface area contributed by atoms with Gasteiger partial charge in [0.15, 0.2) is 5.78 Å². The molecule has 1 N–H and O–H groups in total. The van der Waals surface area contributed by atoms with Crippen LogP contribution in [0.5, 0.6) is 0 Å². The van der Waals surface area contributed by atoms with Crippen LogP contribution in [0.4, 0.5) is 4.39 Å². The van der Waals surface area contributed by atoms with Gasteiger partial charge in [-0.3, -0.25) is 9.59 Å². The highest BCUT2D eigenvalue weighted by molar-refractivity contribution is 5.99. The van der Waals surface area contributed by atoms with Gasteiger partial charge in [-0.1, -0.05) is 42.5 Å². The largest absolute Gasteiger partial charge is 0.385 e. The number of piperidine rings is 1. The molecule has 1 saturated heterocycles. The number of methoxy groups -OCH3 is 1. The zero-order valence-electron chi connectivity index (χ0n) is 17.7. The second-order valence-electron chi connectivity index (χ2n) is 7.96. The third kappa shape index (κ3) is 4.02. The molecule has 2 aromatic carbocycles. The molecule has 6 heteroatoms. The van der Waals surface area contributed by atoms with Gasteiger partial charge in [-0.25, -0.2) is 4.39 Å². The number of hydrogen-bond donors (Lipinski definition) is 1. The Morgan fingerprint density at radius 3 is 2.67 bits per heavy atom.